The van der Waals surface area contributed by atoms with Gasteiger partial charge >= 0.3 is 5.97 Å². The average molecular weight is 1070 g/mol. The zero-order chi connectivity index (χ0) is 49.3. The van der Waals surface area contributed by atoms with Crippen LogP contribution in [0.3, 0.4) is 0 Å². The van der Waals surface area contributed by atoms with Gasteiger partial charge in [0, 0.05) is 143 Å². The van der Waals surface area contributed by atoms with Crippen molar-refractivity contribution in [3.05, 3.63) is 119 Å². The predicted octanol–water partition coefficient (Wildman–Crippen LogP) is 6.65. The summed E-state index contributed by atoms with van der Waals surface area (Å²) in [6, 6.07) is 13.9. The molecule has 365 valence electrons. The Hall–Kier alpha value is -2.00. The molecular weight excluding hydrogens is 1020 g/mol. The van der Waals surface area contributed by atoms with E-state index in [2.05, 4.69) is 4.58 Å². The zero-order valence-corrected chi connectivity index (χ0v) is 49.7. The number of carbonyl (C=O) groups is 1. The molecule has 24 heteroatoms. The Kier molecular flexibility index (Phi) is 21.9. The van der Waals surface area contributed by atoms with E-state index in [-0.39, 0.29) is 128 Å². The molecule has 0 bridgehead atoms. The molecular formula is C46H55N2Na3O15S4+. The molecule has 0 unspecified atom stereocenters. The number of unbranched alkanes of at least 4 members (excludes halogenated alkanes) is 3. The predicted molar refractivity (Wildman–Crippen MR) is 268 cm³/mol. The van der Waals surface area contributed by atoms with Crippen LogP contribution < -0.4 is 9.64 Å². The fourth-order valence-electron chi connectivity index (χ4n) is 8.90. The smallest absolute Gasteiger partial charge is 0.303 e. The number of allylic oxidation sites excluding steroid dienone is 7. The summed E-state index contributed by atoms with van der Waals surface area (Å²) >= 11 is 0. The van der Waals surface area contributed by atoms with Crippen LogP contribution in [0.1, 0.15) is 96.6 Å². The van der Waals surface area contributed by atoms with Gasteiger partial charge < -0.3 is 14.7 Å². The van der Waals surface area contributed by atoms with Crippen molar-refractivity contribution in [3.8, 4) is 5.75 Å². The van der Waals surface area contributed by atoms with Crippen LogP contribution in [0.5, 0.6) is 5.75 Å². The first-order chi connectivity index (χ1) is 31.1. The van der Waals surface area contributed by atoms with Crippen LogP contribution in [0, 0.1) is 0 Å². The minimum absolute atomic E-state index is 0. The second-order valence-corrected chi connectivity index (χ2v) is 23.6. The average Bonchev–Trinajstić information content (AvgIpc) is 3.57. The number of rotatable bonds is 19. The van der Waals surface area contributed by atoms with Crippen LogP contribution >= 0.6 is 0 Å². The molecule has 0 fully saturated rings. The molecule has 1 aliphatic carbocycles. The number of carboxylic acid groups (broad SMARTS) is 1. The SMILES string of the molecule is CC1(C)C(/C=C/C2=C(Oc3ccc(S(=O)(=O)O)cc3)C(=C/C=C3/N(CCCCS(=O)(=O)O)c4ccc(S(=O)(=O)O)cc4C3(C)C)/CCC2)=[N+](CCCCCC(=O)O)c2ccc(S(=O)(=O)O)cc21.[Na].[Na].[Na]. The number of hydrogen-bond donors (Lipinski definition) is 5. The molecule has 17 nitrogen and oxygen atoms in total. The molecule has 0 aromatic heterocycles. The van der Waals surface area contributed by atoms with E-state index in [1.54, 1.807) is 12.1 Å². The second kappa shape index (κ2) is 24.6. The third kappa shape index (κ3) is 15.1. The summed E-state index contributed by atoms with van der Waals surface area (Å²) in [5.41, 5.74) is 3.92. The van der Waals surface area contributed by atoms with Gasteiger partial charge in [-0.3, -0.25) is 23.0 Å². The van der Waals surface area contributed by atoms with E-state index in [1.165, 1.54) is 48.5 Å². The van der Waals surface area contributed by atoms with Crippen molar-refractivity contribution in [2.75, 3.05) is 23.7 Å². The fraction of sp³-hybridized carbons (Fsp3) is 0.391. The van der Waals surface area contributed by atoms with Gasteiger partial charge in [-0.2, -0.15) is 38.2 Å². The summed E-state index contributed by atoms with van der Waals surface area (Å²) < 4.78 is 143. The van der Waals surface area contributed by atoms with Gasteiger partial charge in [0.25, 0.3) is 40.5 Å². The number of anilines is 1. The Balaban J connectivity index is 0.00000432. The molecule has 3 radical (unpaired) electrons. The molecule has 70 heavy (non-hydrogen) atoms. The topological polar surface area (TPSA) is 270 Å². The Morgan fingerprint density at radius 2 is 1.27 bits per heavy atom. The molecule has 0 amide bonds. The summed E-state index contributed by atoms with van der Waals surface area (Å²) in [4.78, 5) is 12.2. The summed E-state index contributed by atoms with van der Waals surface area (Å²) in [6.07, 6.45) is 11.5. The fourth-order valence-corrected chi connectivity index (χ4v) is 11.0. The number of fused-ring (bicyclic) bond motifs is 2. The van der Waals surface area contributed by atoms with Gasteiger partial charge in [0.1, 0.15) is 18.1 Å². The van der Waals surface area contributed by atoms with E-state index < -0.39 is 63.0 Å². The minimum atomic E-state index is -4.57. The van der Waals surface area contributed by atoms with Crippen molar-refractivity contribution < 1.29 is 71.1 Å². The maximum Gasteiger partial charge on any atom is 0.303 e. The van der Waals surface area contributed by atoms with Gasteiger partial charge in [0.15, 0.2) is 5.71 Å². The zero-order valence-electron chi connectivity index (χ0n) is 40.4. The van der Waals surface area contributed by atoms with Crippen molar-refractivity contribution in [1.29, 1.82) is 0 Å². The molecule has 6 rings (SSSR count). The number of hydrogen-bond acceptors (Lipinski definition) is 11. The van der Waals surface area contributed by atoms with Gasteiger partial charge in [0.2, 0.25) is 5.69 Å². The quantitative estimate of drug-likeness (QED) is 0.0364. The summed E-state index contributed by atoms with van der Waals surface area (Å²) in [5.74, 6) is -0.658. The maximum absolute atomic E-state index is 12.3. The molecule has 2 heterocycles. The first kappa shape index (κ1) is 62.3. The van der Waals surface area contributed by atoms with Crippen molar-refractivity contribution in [2.24, 2.45) is 0 Å². The van der Waals surface area contributed by atoms with Crippen LogP contribution in [0.4, 0.5) is 11.4 Å². The van der Waals surface area contributed by atoms with E-state index in [0.717, 1.165) is 22.5 Å². The summed E-state index contributed by atoms with van der Waals surface area (Å²) in [7, 11) is -17.8. The van der Waals surface area contributed by atoms with Crippen molar-refractivity contribution in [2.45, 2.75) is 111 Å². The Labute approximate surface area is 477 Å². The van der Waals surface area contributed by atoms with E-state index in [1.807, 2.05) is 56.9 Å². The molecule has 0 saturated heterocycles. The van der Waals surface area contributed by atoms with E-state index in [0.29, 0.717) is 79.8 Å². The number of aliphatic carboxylic acids is 1. The molecule has 0 spiro atoms. The molecule has 0 saturated carbocycles. The minimum Gasteiger partial charge on any atom is -0.481 e. The maximum atomic E-state index is 12.3. The molecule has 3 aliphatic rings. The Morgan fingerprint density at radius 1 is 0.686 bits per heavy atom. The van der Waals surface area contributed by atoms with Gasteiger partial charge in [0.05, 0.1) is 25.9 Å². The largest absolute Gasteiger partial charge is 0.481 e. The van der Waals surface area contributed by atoms with Crippen LogP contribution in [0.25, 0.3) is 0 Å². The van der Waals surface area contributed by atoms with Crippen LogP contribution in [-0.4, -0.2) is 181 Å². The van der Waals surface area contributed by atoms with Gasteiger partial charge in [-0.25, -0.2) is 0 Å². The third-order valence-electron chi connectivity index (χ3n) is 12.3. The van der Waals surface area contributed by atoms with Crippen LogP contribution in [0.2, 0.25) is 0 Å². The Morgan fingerprint density at radius 3 is 1.86 bits per heavy atom. The van der Waals surface area contributed by atoms with E-state index in [4.69, 9.17) is 4.74 Å². The standard InChI is InChI=1S/C46H54N2O15S4.3Na/c1-45(2)37-29-35(66(57,58)59)20-22-39(37)47(26-7-5-6-13-43(49)50)41(45)24-14-31-11-10-12-32(44(31)63-33-16-18-34(19-17-33)65(54,55)56)15-25-42-46(3,4)38-30-36(67(60,61)62)21-23-40(38)48(42)27-8-9-28-64(51,52)53;;;/h14-25,29-30H,5-13,26-28H2,1-4H3,(H4-,49,50,51,52,53,54,55,56,57,58,59,60,61,62);;;/p+1. The first-order valence-electron chi connectivity index (χ1n) is 21.5. The summed E-state index contributed by atoms with van der Waals surface area (Å²) in [6.45, 7) is 8.39. The van der Waals surface area contributed by atoms with Crippen LogP contribution in [-0.2, 0) is 56.1 Å². The molecule has 2 aliphatic heterocycles. The second-order valence-electron chi connectivity index (χ2n) is 17.8. The van der Waals surface area contributed by atoms with E-state index in [9.17, 15) is 61.8 Å². The molecule has 3 aromatic carbocycles. The Bertz CT molecular complexity index is 3090. The molecule has 0 atom stereocenters. The third-order valence-corrected chi connectivity index (χ3v) is 15.7. The molecule has 5 N–H and O–H groups in total. The number of ether oxygens (including phenoxy) is 1. The van der Waals surface area contributed by atoms with Crippen molar-refractivity contribution in [3.63, 3.8) is 0 Å². The number of benzene rings is 3. The number of nitrogens with zero attached hydrogens (tertiary/aromatic N) is 2. The monoisotopic (exact) mass is 1070 g/mol. The van der Waals surface area contributed by atoms with Gasteiger partial charge in [-0.05, 0) is 142 Å². The van der Waals surface area contributed by atoms with Crippen molar-refractivity contribution in [1.82, 2.24) is 0 Å². The van der Waals surface area contributed by atoms with Crippen molar-refractivity contribution >= 4 is 152 Å². The summed E-state index contributed by atoms with van der Waals surface area (Å²) in [5, 5.41) is 9.18. The first-order valence-corrected chi connectivity index (χ1v) is 27.4. The van der Waals surface area contributed by atoms with Gasteiger partial charge in [-0.1, -0.05) is 19.9 Å². The molecule has 3 aromatic rings. The van der Waals surface area contributed by atoms with Crippen LogP contribution in [0.15, 0.2) is 122 Å². The van der Waals surface area contributed by atoms with E-state index >= 15 is 0 Å². The normalized spacial score (nSPS) is 17.8. The number of carboxylic acids is 1. The van der Waals surface area contributed by atoms with Gasteiger partial charge in [-0.15, -0.1) is 0 Å².